The Labute approximate surface area is 208 Å². The first-order valence-corrected chi connectivity index (χ1v) is 12.3. The number of carbonyl (C=O) groups is 2. The molecule has 6 heteroatoms. The molecule has 3 aromatic carbocycles. The zero-order valence-corrected chi connectivity index (χ0v) is 20.4. The minimum absolute atomic E-state index is 0.125. The molecule has 3 aromatic rings. The van der Waals surface area contributed by atoms with Crippen molar-refractivity contribution in [1.29, 1.82) is 0 Å². The lowest BCUT2D eigenvalue weighted by molar-refractivity contribution is -0.114. The first-order valence-electron chi connectivity index (χ1n) is 12.3. The van der Waals surface area contributed by atoms with Crippen molar-refractivity contribution in [2.24, 2.45) is 0 Å². The van der Waals surface area contributed by atoms with Gasteiger partial charge < -0.3 is 20.7 Å². The molecule has 6 nitrogen and oxygen atoms in total. The minimum atomic E-state index is -0.173. The van der Waals surface area contributed by atoms with Gasteiger partial charge in [0.25, 0.3) is 5.91 Å². The molecular formula is C29H35N3O3. The van der Waals surface area contributed by atoms with Gasteiger partial charge in [-0.15, -0.1) is 0 Å². The lowest BCUT2D eigenvalue weighted by atomic mass is 10.1. The molecule has 184 valence electrons. The zero-order valence-electron chi connectivity index (χ0n) is 20.4. The van der Waals surface area contributed by atoms with Crippen molar-refractivity contribution in [2.75, 3.05) is 23.8 Å². The van der Waals surface area contributed by atoms with Gasteiger partial charge in [-0.2, -0.15) is 0 Å². The summed E-state index contributed by atoms with van der Waals surface area (Å²) in [4.78, 5) is 24.7. The van der Waals surface area contributed by atoms with Crippen molar-refractivity contribution in [3.8, 4) is 5.75 Å². The number of anilines is 2. The van der Waals surface area contributed by atoms with Gasteiger partial charge in [-0.25, -0.2) is 0 Å². The van der Waals surface area contributed by atoms with Crippen LogP contribution in [0.1, 0.15) is 54.9 Å². The van der Waals surface area contributed by atoms with E-state index >= 15 is 0 Å². The molecule has 0 saturated carbocycles. The summed E-state index contributed by atoms with van der Waals surface area (Å²) >= 11 is 0. The van der Waals surface area contributed by atoms with E-state index in [1.807, 2.05) is 54.6 Å². The third-order valence-electron chi connectivity index (χ3n) is 5.53. The quantitative estimate of drug-likeness (QED) is 0.250. The first kappa shape index (κ1) is 25.8. The molecule has 0 aliphatic rings. The zero-order chi connectivity index (χ0) is 24.7. The summed E-state index contributed by atoms with van der Waals surface area (Å²) in [6.07, 6.45) is 6.00. The Morgan fingerprint density at radius 2 is 1.57 bits per heavy atom. The van der Waals surface area contributed by atoms with E-state index in [1.54, 1.807) is 24.3 Å². The Kier molecular flexibility index (Phi) is 10.7. The molecule has 0 radical (unpaired) electrons. The number of benzene rings is 3. The van der Waals surface area contributed by atoms with Crippen LogP contribution in [0.25, 0.3) is 0 Å². The Balaban J connectivity index is 1.39. The summed E-state index contributed by atoms with van der Waals surface area (Å²) in [5.74, 6) is 0.469. The Morgan fingerprint density at radius 3 is 2.34 bits per heavy atom. The van der Waals surface area contributed by atoms with Gasteiger partial charge in [0.2, 0.25) is 5.91 Å². The van der Waals surface area contributed by atoms with Crippen molar-refractivity contribution in [1.82, 2.24) is 5.32 Å². The second-order valence-corrected chi connectivity index (χ2v) is 8.44. The van der Waals surface area contributed by atoms with E-state index in [0.717, 1.165) is 23.4 Å². The van der Waals surface area contributed by atoms with Crippen molar-refractivity contribution in [2.45, 2.75) is 45.6 Å². The van der Waals surface area contributed by atoms with Crippen LogP contribution in [0.5, 0.6) is 5.75 Å². The maximum Gasteiger partial charge on any atom is 0.251 e. The van der Waals surface area contributed by atoms with Crippen LogP contribution in [0.2, 0.25) is 0 Å². The number of amides is 2. The molecule has 0 heterocycles. The van der Waals surface area contributed by atoms with E-state index in [2.05, 4.69) is 22.9 Å². The van der Waals surface area contributed by atoms with Crippen molar-refractivity contribution >= 4 is 23.2 Å². The molecule has 0 saturated heterocycles. The van der Waals surface area contributed by atoms with Crippen LogP contribution in [0.15, 0.2) is 78.9 Å². The highest BCUT2D eigenvalue weighted by Gasteiger charge is 2.07. The Hall–Kier alpha value is -3.80. The Bertz CT molecular complexity index is 1050. The molecule has 0 fully saturated rings. The van der Waals surface area contributed by atoms with Gasteiger partial charge in [-0.1, -0.05) is 69.0 Å². The predicted octanol–water partition coefficient (Wildman–Crippen LogP) is 6.02. The lowest BCUT2D eigenvalue weighted by Gasteiger charge is -2.11. The highest BCUT2D eigenvalue weighted by Crippen LogP contribution is 2.18. The number of hydrogen-bond acceptors (Lipinski definition) is 4. The second kappa shape index (κ2) is 14.5. The molecular weight excluding hydrogens is 438 g/mol. The van der Waals surface area contributed by atoms with Crippen LogP contribution in [0.3, 0.4) is 0 Å². The number of hydrogen-bond donors (Lipinski definition) is 3. The normalized spacial score (nSPS) is 10.4. The van der Waals surface area contributed by atoms with Gasteiger partial charge in [0, 0.05) is 29.5 Å². The van der Waals surface area contributed by atoms with Gasteiger partial charge in [0.1, 0.15) is 5.75 Å². The molecule has 0 atom stereocenters. The maximum atomic E-state index is 12.4. The van der Waals surface area contributed by atoms with Gasteiger partial charge in [-0.3, -0.25) is 9.59 Å². The van der Waals surface area contributed by atoms with Gasteiger partial charge >= 0.3 is 0 Å². The lowest BCUT2D eigenvalue weighted by Crippen LogP contribution is -2.23. The summed E-state index contributed by atoms with van der Waals surface area (Å²) < 4.78 is 5.83. The van der Waals surface area contributed by atoms with Crippen molar-refractivity contribution < 1.29 is 14.3 Å². The molecule has 35 heavy (non-hydrogen) atoms. The van der Waals surface area contributed by atoms with E-state index in [1.165, 1.54) is 25.7 Å². The molecule has 3 N–H and O–H groups in total. The predicted molar refractivity (Wildman–Crippen MR) is 142 cm³/mol. The number of nitrogens with one attached hydrogen (secondary N) is 3. The van der Waals surface area contributed by atoms with Gasteiger partial charge in [0.15, 0.2) is 0 Å². The second-order valence-electron chi connectivity index (χ2n) is 8.44. The van der Waals surface area contributed by atoms with E-state index in [9.17, 15) is 9.59 Å². The number of ether oxygens (including phenoxy) is 1. The van der Waals surface area contributed by atoms with Crippen LogP contribution in [0, 0.1) is 0 Å². The van der Waals surface area contributed by atoms with Gasteiger partial charge in [0.05, 0.1) is 13.2 Å². The minimum Gasteiger partial charge on any atom is -0.494 e. The molecule has 0 aromatic heterocycles. The smallest absolute Gasteiger partial charge is 0.251 e. The van der Waals surface area contributed by atoms with E-state index in [0.29, 0.717) is 24.4 Å². The molecule has 0 aliphatic carbocycles. The van der Waals surface area contributed by atoms with Gasteiger partial charge in [-0.05, 0) is 48.4 Å². The summed E-state index contributed by atoms with van der Waals surface area (Å²) in [5.41, 5.74) is 3.04. The fourth-order valence-electron chi connectivity index (χ4n) is 3.56. The SMILES string of the molecule is CCCCCCCOc1cccc(NCC(=O)Nc2ccc(C(=O)NCc3ccccc3)cc2)c1. The largest absolute Gasteiger partial charge is 0.494 e. The topological polar surface area (TPSA) is 79.5 Å². The van der Waals surface area contributed by atoms with Crippen LogP contribution in [0.4, 0.5) is 11.4 Å². The average Bonchev–Trinajstić information content (AvgIpc) is 2.89. The first-order chi connectivity index (χ1) is 17.1. The van der Waals surface area contributed by atoms with E-state index in [-0.39, 0.29) is 18.4 Å². The average molecular weight is 474 g/mol. The number of unbranched alkanes of at least 4 members (excludes halogenated alkanes) is 4. The molecule has 0 spiro atoms. The summed E-state index contributed by atoms with van der Waals surface area (Å²) in [7, 11) is 0. The number of carbonyl (C=O) groups excluding carboxylic acids is 2. The maximum absolute atomic E-state index is 12.4. The molecule has 0 aliphatic heterocycles. The molecule has 0 bridgehead atoms. The van der Waals surface area contributed by atoms with Crippen LogP contribution >= 0.6 is 0 Å². The molecule has 2 amide bonds. The molecule has 3 rings (SSSR count). The van der Waals surface area contributed by atoms with E-state index < -0.39 is 0 Å². The standard InChI is InChI=1S/C29H35N3O3/c1-2-3-4-5-9-19-35-27-14-10-13-26(20-27)30-22-28(33)32-25-17-15-24(16-18-25)29(34)31-21-23-11-7-6-8-12-23/h6-8,10-18,20,30H,2-5,9,19,21-22H2,1H3,(H,31,34)(H,32,33). The van der Waals surface area contributed by atoms with Crippen molar-refractivity contribution in [3.05, 3.63) is 90.0 Å². The van der Waals surface area contributed by atoms with E-state index in [4.69, 9.17) is 4.74 Å². The fraction of sp³-hybridized carbons (Fsp3) is 0.310. The highest BCUT2D eigenvalue weighted by atomic mass is 16.5. The van der Waals surface area contributed by atoms with Crippen molar-refractivity contribution in [3.63, 3.8) is 0 Å². The fourth-order valence-corrected chi connectivity index (χ4v) is 3.56. The summed E-state index contributed by atoms with van der Waals surface area (Å²) in [6.45, 7) is 3.50. The Morgan fingerprint density at radius 1 is 0.800 bits per heavy atom. The van der Waals surface area contributed by atoms with Crippen LogP contribution in [-0.4, -0.2) is 25.0 Å². The monoisotopic (exact) mass is 473 g/mol. The highest BCUT2D eigenvalue weighted by molar-refractivity contribution is 5.96. The molecule has 0 unspecified atom stereocenters. The third-order valence-corrected chi connectivity index (χ3v) is 5.53. The van der Waals surface area contributed by atoms with Crippen LogP contribution < -0.4 is 20.7 Å². The number of rotatable bonds is 14. The summed E-state index contributed by atoms with van der Waals surface area (Å²) in [5, 5.41) is 8.87. The summed E-state index contributed by atoms with van der Waals surface area (Å²) in [6, 6.07) is 24.3. The van der Waals surface area contributed by atoms with Crippen LogP contribution in [-0.2, 0) is 11.3 Å². The third kappa shape index (κ3) is 9.53.